The molecule has 1 aliphatic carbocycles. The van der Waals surface area contributed by atoms with Crippen molar-refractivity contribution in [2.75, 3.05) is 0 Å². The van der Waals surface area contributed by atoms with Crippen LogP contribution in [0.25, 0.3) is 32.6 Å². The minimum Gasteiger partial charge on any atom is -0.287 e. The summed E-state index contributed by atoms with van der Waals surface area (Å²) in [6.45, 7) is 2.09. The van der Waals surface area contributed by atoms with Gasteiger partial charge in [0, 0.05) is 22.7 Å². The van der Waals surface area contributed by atoms with E-state index in [4.69, 9.17) is 4.98 Å². The Hall–Kier alpha value is -2.85. The molecular weight excluding hydrogens is 316 g/mol. The highest BCUT2D eigenvalue weighted by Crippen LogP contribution is 2.41. The van der Waals surface area contributed by atoms with Gasteiger partial charge in [-0.25, -0.2) is 4.98 Å². The number of hydrogen-bond donors (Lipinski definition) is 0. The number of carbonyl (C=O) groups excluding carboxylic acids is 1. The second-order valence-corrected chi connectivity index (χ2v) is 6.84. The summed E-state index contributed by atoms with van der Waals surface area (Å²) in [6, 6.07) is 14.1. The Kier molecular flexibility index (Phi) is 2.73. The van der Waals surface area contributed by atoms with E-state index in [1.54, 1.807) is 17.5 Å². The van der Waals surface area contributed by atoms with Gasteiger partial charge in [0.25, 0.3) is 0 Å². The van der Waals surface area contributed by atoms with Crippen LogP contribution in [0.4, 0.5) is 0 Å². The summed E-state index contributed by atoms with van der Waals surface area (Å²) in [5, 5.41) is 3.83. The van der Waals surface area contributed by atoms with Gasteiger partial charge >= 0.3 is 0 Å². The van der Waals surface area contributed by atoms with E-state index < -0.39 is 0 Å². The van der Waals surface area contributed by atoms with Crippen LogP contribution in [0.3, 0.4) is 0 Å². The van der Waals surface area contributed by atoms with Crippen molar-refractivity contribution >= 4 is 27.9 Å². The summed E-state index contributed by atoms with van der Waals surface area (Å²) in [6.07, 6.45) is 1.71. The van der Waals surface area contributed by atoms with E-state index in [1.165, 1.54) is 5.56 Å². The molecule has 3 heterocycles. The van der Waals surface area contributed by atoms with Gasteiger partial charge in [-0.05, 0) is 41.5 Å². The number of pyridine rings is 2. The Bertz CT molecular complexity index is 1140. The molecule has 0 amide bonds. The Morgan fingerprint density at radius 2 is 1.88 bits per heavy atom. The van der Waals surface area contributed by atoms with Crippen molar-refractivity contribution in [1.29, 1.82) is 0 Å². The van der Waals surface area contributed by atoms with Gasteiger partial charge in [-0.3, -0.25) is 9.78 Å². The molecule has 4 aromatic rings. The van der Waals surface area contributed by atoms with Crippen molar-refractivity contribution in [2.45, 2.75) is 6.92 Å². The SMILES string of the molecule is Cc1ccccc1-c1cc2ccnc3c2c(n1)-c1sccc1C3=O. The van der Waals surface area contributed by atoms with Gasteiger partial charge in [-0.1, -0.05) is 24.3 Å². The standard InChI is InChI=1S/C20H12N2OS/c1-11-4-2-3-5-13(11)15-10-12-6-8-21-17-16(12)18(22-15)20-14(19(17)23)7-9-24-20/h2-10H,1H3. The number of aryl methyl sites for hydroxylation is 1. The van der Waals surface area contributed by atoms with Crippen molar-refractivity contribution in [1.82, 2.24) is 9.97 Å². The molecule has 114 valence electrons. The first kappa shape index (κ1) is 13.6. The third-order valence-electron chi connectivity index (χ3n) is 4.51. The fourth-order valence-electron chi connectivity index (χ4n) is 3.34. The van der Waals surface area contributed by atoms with Gasteiger partial charge in [0.2, 0.25) is 5.78 Å². The first-order valence-electron chi connectivity index (χ1n) is 7.72. The molecule has 0 radical (unpaired) electrons. The lowest BCUT2D eigenvalue weighted by Crippen LogP contribution is -2.11. The quantitative estimate of drug-likeness (QED) is 0.440. The third kappa shape index (κ3) is 1.74. The second kappa shape index (κ2) is 4.82. The second-order valence-electron chi connectivity index (χ2n) is 5.92. The molecule has 0 aliphatic heterocycles. The number of rotatable bonds is 1. The summed E-state index contributed by atoms with van der Waals surface area (Å²) in [7, 11) is 0. The summed E-state index contributed by atoms with van der Waals surface area (Å²) < 4.78 is 0. The maximum atomic E-state index is 12.7. The fraction of sp³-hybridized carbons (Fsp3) is 0.0500. The lowest BCUT2D eigenvalue weighted by molar-refractivity contribution is 0.103. The Labute approximate surface area is 142 Å². The minimum atomic E-state index is -0.00482. The van der Waals surface area contributed by atoms with E-state index >= 15 is 0 Å². The normalized spacial score (nSPS) is 12.5. The van der Waals surface area contributed by atoms with Crippen LogP contribution in [-0.2, 0) is 0 Å². The summed E-state index contributed by atoms with van der Waals surface area (Å²) in [4.78, 5) is 22.9. The van der Waals surface area contributed by atoms with E-state index in [0.717, 1.165) is 32.6 Å². The topological polar surface area (TPSA) is 42.9 Å². The number of carbonyl (C=O) groups is 1. The van der Waals surface area contributed by atoms with Gasteiger partial charge in [-0.15, -0.1) is 11.3 Å². The molecule has 0 bridgehead atoms. The molecule has 0 fully saturated rings. The molecule has 0 spiro atoms. The maximum Gasteiger partial charge on any atom is 0.213 e. The van der Waals surface area contributed by atoms with Crippen LogP contribution in [0.5, 0.6) is 0 Å². The molecule has 0 saturated carbocycles. The monoisotopic (exact) mass is 328 g/mol. The fourth-order valence-corrected chi connectivity index (χ4v) is 4.22. The average Bonchev–Trinajstić information content (AvgIpc) is 3.09. The Morgan fingerprint density at radius 3 is 2.75 bits per heavy atom. The molecule has 0 atom stereocenters. The molecule has 0 unspecified atom stereocenters. The lowest BCUT2D eigenvalue weighted by Gasteiger charge is -2.17. The van der Waals surface area contributed by atoms with Crippen molar-refractivity contribution in [3.63, 3.8) is 0 Å². The summed E-state index contributed by atoms with van der Waals surface area (Å²) in [5.74, 6) is -0.00482. The number of ketones is 1. The highest BCUT2D eigenvalue weighted by molar-refractivity contribution is 7.14. The Balaban J connectivity index is 1.92. The smallest absolute Gasteiger partial charge is 0.213 e. The van der Waals surface area contributed by atoms with Gasteiger partial charge < -0.3 is 0 Å². The van der Waals surface area contributed by atoms with Crippen molar-refractivity contribution in [2.24, 2.45) is 0 Å². The van der Waals surface area contributed by atoms with Gasteiger partial charge in [0.05, 0.1) is 16.3 Å². The predicted molar refractivity (Wildman–Crippen MR) is 96.5 cm³/mol. The molecular formula is C20H12N2OS. The van der Waals surface area contributed by atoms with Crippen LogP contribution in [-0.4, -0.2) is 15.8 Å². The van der Waals surface area contributed by atoms with Gasteiger partial charge in [0.15, 0.2) is 0 Å². The first-order chi connectivity index (χ1) is 11.7. The molecule has 3 aromatic heterocycles. The van der Waals surface area contributed by atoms with E-state index in [0.29, 0.717) is 11.3 Å². The van der Waals surface area contributed by atoms with Crippen LogP contribution < -0.4 is 0 Å². The van der Waals surface area contributed by atoms with E-state index in [1.807, 2.05) is 29.6 Å². The molecule has 1 aromatic carbocycles. The lowest BCUT2D eigenvalue weighted by atomic mass is 9.93. The number of aromatic nitrogens is 2. The van der Waals surface area contributed by atoms with Crippen molar-refractivity contribution in [3.8, 4) is 21.8 Å². The first-order valence-corrected chi connectivity index (χ1v) is 8.60. The molecule has 3 nitrogen and oxygen atoms in total. The average molecular weight is 328 g/mol. The minimum absolute atomic E-state index is 0.00482. The van der Waals surface area contributed by atoms with Gasteiger partial charge in [0.1, 0.15) is 5.69 Å². The summed E-state index contributed by atoms with van der Waals surface area (Å²) in [5.41, 5.74) is 5.33. The van der Waals surface area contributed by atoms with E-state index in [-0.39, 0.29) is 5.78 Å². The maximum absolute atomic E-state index is 12.7. The molecule has 0 N–H and O–H groups in total. The zero-order valence-corrected chi connectivity index (χ0v) is 13.7. The number of nitrogens with zero attached hydrogens (tertiary/aromatic N) is 2. The van der Waals surface area contributed by atoms with Crippen LogP contribution in [0.1, 0.15) is 21.6 Å². The van der Waals surface area contributed by atoms with Crippen LogP contribution >= 0.6 is 11.3 Å². The molecule has 0 saturated heterocycles. The van der Waals surface area contributed by atoms with Crippen molar-refractivity contribution in [3.05, 3.63) is 70.9 Å². The largest absolute Gasteiger partial charge is 0.287 e. The number of thiophene rings is 1. The number of hydrogen-bond acceptors (Lipinski definition) is 4. The van der Waals surface area contributed by atoms with Crippen molar-refractivity contribution < 1.29 is 4.79 Å². The van der Waals surface area contributed by atoms with Crippen LogP contribution in [0.15, 0.2) is 54.0 Å². The number of fused-ring (bicyclic) bond motifs is 2. The van der Waals surface area contributed by atoms with E-state index in [2.05, 4.69) is 30.1 Å². The molecule has 5 rings (SSSR count). The van der Waals surface area contributed by atoms with E-state index in [9.17, 15) is 4.79 Å². The van der Waals surface area contributed by atoms with Crippen LogP contribution in [0.2, 0.25) is 0 Å². The zero-order valence-electron chi connectivity index (χ0n) is 12.9. The molecule has 24 heavy (non-hydrogen) atoms. The molecule has 1 aliphatic rings. The van der Waals surface area contributed by atoms with Crippen LogP contribution in [0, 0.1) is 6.92 Å². The number of benzene rings is 1. The Morgan fingerprint density at radius 1 is 1.00 bits per heavy atom. The predicted octanol–water partition coefficient (Wildman–Crippen LogP) is 4.88. The zero-order chi connectivity index (χ0) is 16.3. The summed E-state index contributed by atoms with van der Waals surface area (Å²) >= 11 is 1.56. The third-order valence-corrected chi connectivity index (χ3v) is 5.43. The highest BCUT2D eigenvalue weighted by atomic mass is 32.1. The van der Waals surface area contributed by atoms with Gasteiger partial charge in [-0.2, -0.15) is 0 Å². The molecule has 4 heteroatoms. The highest BCUT2D eigenvalue weighted by Gasteiger charge is 2.29.